The van der Waals surface area contributed by atoms with Crippen LogP contribution in [0.5, 0.6) is 0 Å². The van der Waals surface area contributed by atoms with Crippen LogP contribution >= 0.6 is 0 Å². The predicted molar refractivity (Wildman–Crippen MR) is 46.5 cm³/mol. The molecule has 1 aromatic carbocycles. The van der Waals surface area contributed by atoms with Crippen molar-refractivity contribution in [1.29, 1.82) is 0 Å². The van der Waals surface area contributed by atoms with Crippen LogP contribution in [0.1, 0.15) is 18.4 Å². The molecule has 0 heterocycles. The minimum Gasteiger partial charge on any atom is -0.369 e. The van der Waals surface area contributed by atoms with Crippen molar-refractivity contribution < 1.29 is 13.6 Å². The van der Waals surface area contributed by atoms with E-state index >= 15 is 0 Å². The molecular weight excluding hydrogens is 188 g/mol. The van der Waals surface area contributed by atoms with Crippen molar-refractivity contribution in [1.82, 2.24) is 0 Å². The molecule has 1 aliphatic carbocycles. The highest BCUT2D eigenvalue weighted by Crippen LogP contribution is 2.49. The number of rotatable bonds is 2. The molecule has 0 spiro atoms. The topological polar surface area (TPSA) is 43.1 Å². The highest BCUT2D eigenvalue weighted by atomic mass is 19.1. The molecular formula is C10H9F2NO. The smallest absolute Gasteiger partial charge is 0.228 e. The average Bonchev–Trinajstić information content (AvgIpc) is 2.85. The Morgan fingerprint density at radius 3 is 2.14 bits per heavy atom. The normalized spacial score (nSPS) is 17.9. The zero-order chi connectivity index (χ0) is 10.3. The van der Waals surface area contributed by atoms with Crippen molar-refractivity contribution in [3.8, 4) is 0 Å². The molecule has 0 bridgehead atoms. The number of primary amides is 1. The van der Waals surface area contributed by atoms with Gasteiger partial charge in [-0.25, -0.2) is 8.78 Å². The van der Waals surface area contributed by atoms with Gasteiger partial charge in [-0.05, 0) is 25.0 Å². The van der Waals surface area contributed by atoms with Gasteiger partial charge in [0.05, 0.1) is 5.41 Å². The zero-order valence-corrected chi connectivity index (χ0v) is 7.39. The van der Waals surface area contributed by atoms with Crippen molar-refractivity contribution in [3.05, 3.63) is 35.4 Å². The number of carbonyl (C=O) groups is 1. The second kappa shape index (κ2) is 2.77. The minimum absolute atomic E-state index is 0.174. The number of benzene rings is 1. The first-order valence-corrected chi connectivity index (χ1v) is 4.32. The third-order valence-electron chi connectivity index (χ3n) is 2.66. The molecule has 2 rings (SSSR count). The molecule has 0 radical (unpaired) electrons. The lowest BCUT2D eigenvalue weighted by molar-refractivity contribution is -0.120. The molecule has 0 saturated heterocycles. The Hall–Kier alpha value is -1.45. The zero-order valence-electron chi connectivity index (χ0n) is 7.39. The van der Waals surface area contributed by atoms with Gasteiger partial charge in [0.2, 0.25) is 5.91 Å². The number of halogens is 2. The summed E-state index contributed by atoms with van der Waals surface area (Å²) >= 11 is 0. The molecule has 4 heteroatoms. The molecule has 74 valence electrons. The molecule has 1 saturated carbocycles. The minimum atomic E-state index is -1.09. The third kappa shape index (κ3) is 1.10. The van der Waals surface area contributed by atoms with E-state index in [0.717, 1.165) is 12.1 Å². The molecule has 2 nitrogen and oxygen atoms in total. The number of carbonyl (C=O) groups excluding carboxylic acids is 1. The van der Waals surface area contributed by atoms with Gasteiger partial charge in [0.15, 0.2) is 0 Å². The summed E-state index contributed by atoms with van der Waals surface area (Å²) in [7, 11) is 0. The van der Waals surface area contributed by atoms with Crippen LogP contribution in [0.25, 0.3) is 0 Å². The van der Waals surface area contributed by atoms with E-state index in [1.165, 1.54) is 6.07 Å². The van der Waals surface area contributed by atoms with Gasteiger partial charge in [-0.3, -0.25) is 4.79 Å². The number of hydrogen-bond acceptors (Lipinski definition) is 1. The van der Waals surface area contributed by atoms with Crippen LogP contribution in [0.2, 0.25) is 0 Å². The van der Waals surface area contributed by atoms with Gasteiger partial charge >= 0.3 is 0 Å². The first-order chi connectivity index (χ1) is 6.58. The van der Waals surface area contributed by atoms with Gasteiger partial charge in [-0.2, -0.15) is 0 Å². The third-order valence-corrected chi connectivity index (χ3v) is 2.66. The van der Waals surface area contributed by atoms with Gasteiger partial charge in [-0.15, -0.1) is 0 Å². The summed E-state index contributed by atoms with van der Waals surface area (Å²) in [5.74, 6) is -2.04. The molecule has 0 aliphatic heterocycles. The van der Waals surface area contributed by atoms with E-state index in [1.807, 2.05) is 0 Å². The summed E-state index contributed by atoms with van der Waals surface area (Å²) in [5, 5.41) is 0. The van der Waals surface area contributed by atoms with Crippen LogP contribution in [-0.2, 0) is 10.2 Å². The summed E-state index contributed by atoms with van der Waals surface area (Å²) in [6.07, 6.45) is 0.861. The van der Waals surface area contributed by atoms with Crippen LogP contribution in [0.3, 0.4) is 0 Å². The van der Waals surface area contributed by atoms with E-state index in [0.29, 0.717) is 12.8 Å². The lowest BCUT2D eigenvalue weighted by atomic mass is 9.94. The average molecular weight is 197 g/mol. The highest BCUT2D eigenvalue weighted by molar-refractivity contribution is 5.90. The number of hydrogen-bond donors (Lipinski definition) is 1. The largest absolute Gasteiger partial charge is 0.369 e. The summed E-state index contributed by atoms with van der Waals surface area (Å²) in [4.78, 5) is 11.1. The summed E-state index contributed by atoms with van der Waals surface area (Å²) in [6, 6.07) is 3.55. The lowest BCUT2D eigenvalue weighted by Gasteiger charge is -2.12. The number of nitrogens with two attached hydrogens (primary N) is 1. The van der Waals surface area contributed by atoms with Crippen LogP contribution in [0, 0.1) is 11.6 Å². The van der Waals surface area contributed by atoms with E-state index in [4.69, 9.17) is 5.73 Å². The van der Waals surface area contributed by atoms with Gasteiger partial charge in [-0.1, -0.05) is 6.07 Å². The van der Waals surface area contributed by atoms with Crippen molar-refractivity contribution in [3.63, 3.8) is 0 Å². The fourth-order valence-electron chi connectivity index (χ4n) is 1.70. The standard InChI is InChI=1S/C10H9F2NO/c11-6-2-1-3-7(12)8(6)10(4-5-10)9(13)14/h1-3H,4-5H2,(H2,13,14). The van der Waals surface area contributed by atoms with Crippen LogP contribution in [0.15, 0.2) is 18.2 Å². The second-order valence-electron chi connectivity index (χ2n) is 3.54. The van der Waals surface area contributed by atoms with Crippen LogP contribution in [0.4, 0.5) is 8.78 Å². The van der Waals surface area contributed by atoms with Gasteiger partial charge in [0, 0.05) is 5.56 Å². The van der Waals surface area contributed by atoms with Gasteiger partial charge in [0.25, 0.3) is 0 Å². The molecule has 14 heavy (non-hydrogen) atoms. The van der Waals surface area contributed by atoms with E-state index in [-0.39, 0.29) is 5.56 Å². The summed E-state index contributed by atoms with van der Waals surface area (Å²) in [6.45, 7) is 0. The quantitative estimate of drug-likeness (QED) is 0.766. The van der Waals surface area contributed by atoms with Crippen molar-refractivity contribution in [2.75, 3.05) is 0 Å². The second-order valence-corrected chi connectivity index (χ2v) is 3.54. The van der Waals surface area contributed by atoms with E-state index in [2.05, 4.69) is 0 Å². The predicted octanol–water partition coefficient (Wildman–Crippen LogP) is 1.48. The van der Waals surface area contributed by atoms with E-state index in [9.17, 15) is 13.6 Å². The van der Waals surface area contributed by atoms with Crippen LogP contribution in [-0.4, -0.2) is 5.91 Å². The Balaban J connectivity index is 2.56. The molecule has 1 aromatic rings. The highest BCUT2D eigenvalue weighted by Gasteiger charge is 2.53. The van der Waals surface area contributed by atoms with Gasteiger partial charge < -0.3 is 5.73 Å². The van der Waals surface area contributed by atoms with E-state index in [1.54, 1.807) is 0 Å². The van der Waals surface area contributed by atoms with Crippen LogP contribution < -0.4 is 5.73 Å². The lowest BCUT2D eigenvalue weighted by Crippen LogP contribution is -2.30. The molecule has 1 fully saturated rings. The fourth-order valence-corrected chi connectivity index (χ4v) is 1.70. The Labute approximate surface area is 79.7 Å². The van der Waals surface area contributed by atoms with Crippen molar-refractivity contribution in [2.45, 2.75) is 18.3 Å². The van der Waals surface area contributed by atoms with Crippen molar-refractivity contribution >= 4 is 5.91 Å². The summed E-state index contributed by atoms with van der Waals surface area (Å²) in [5.41, 5.74) is 3.87. The maximum atomic E-state index is 13.3. The molecule has 2 N–H and O–H groups in total. The Morgan fingerprint density at radius 1 is 1.29 bits per heavy atom. The number of amides is 1. The molecule has 0 unspecified atom stereocenters. The Kier molecular flexibility index (Phi) is 1.80. The first kappa shape index (κ1) is 9.12. The van der Waals surface area contributed by atoms with E-state index < -0.39 is 23.0 Å². The monoisotopic (exact) mass is 197 g/mol. The van der Waals surface area contributed by atoms with Crippen molar-refractivity contribution in [2.24, 2.45) is 5.73 Å². The molecule has 0 atom stereocenters. The SMILES string of the molecule is NC(=O)C1(c2c(F)cccc2F)CC1. The Bertz CT molecular complexity index is 379. The summed E-state index contributed by atoms with van der Waals surface area (Å²) < 4.78 is 26.6. The molecule has 1 amide bonds. The maximum Gasteiger partial charge on any atom is 0.228 e. The molecule has 1 aliphatic rings. The van der Waals surface area contributed by atoms with Gasteiger partial charge in [0.1, 0.15) is 11.6 Å². The Morgan fingerprint density at radius 2 is 1.79 bits per heavy atom. The maximum absolute atomic E-state index is 13.3. The first-order valence-electron chi connectivity index (χ1n) is 4.32. The fraction of sp³-hybridized carbons (Fsp3) is 0.300. The molecule has 0 aromatic heterocycles.